The van der Waals surface area contributed by atoms with E-state index in [1.807, 2.05) is 7.05 Å². The van der Waals surface area contributed by atoms with Crippen LogP contribution < -0.4 is 5.32 Å². The van der Waals surface area contributed by atoms with Gasteiger partial charge in [0.1, 0.15) is 6.07 Å². The normalized spacial score (nSPS) is 10.6. The Morgan fingerprint density at radius 1 is 1.29 bits per heavy atom. The molecule has 0 bridgehead atoms. The maximum absolute atomic E-state index is 9.23. The van der Waals surface area contributed by atoms with Gasteiger partial charge < -0.3 is 9.88 Å². The molecule has 0 unspecified atom stereocenters. The minimum absolute atomic E-state index is 0.550. The van der Waals surface area contributed by atoms with E-state index in [-0.39, 0.29) is 0 Å². The summed E-state index contributed by atoms with van der Waals surface area (Å²) < 4.78 is 3.03. The largest absolute Gasteiger partial charge is 0.353 e. The number of nitrogens with zero attached hydrogens (tertiary/aromatic N) is 3. The Kier molecular flexibility index (Phi) is 3.55. The summed E-state index contributed by atoms with van der Waals surface area (Å²) in [6.45, 7) is 2.09. The summed E-state index contributed by atoms with van der Waals surface area (Å²) in [5.41, 5.74) is 4.74. The summed E-state index contributed by atoms with van der Waals surface area (Å²) in [5, 5.41) is 13.8. The Morgan fingerprint density at radius 3 is 2.86 bits per heavy atom. The molecule has 0 amide bonds. The molecule has 0 atom stereocenters. The third-order valence-corrected chi connectivity index (χ3v) is 4.43. The van der Waals surface area contributed by atoms with Crippen LogP contribution >= 0.6 is 22.6 Å². The van der Waals surface area contributed by atoms with Crippen LogP contribution in [0.3, 0.4) is 0 Å². The van der Waals surface area contributed by atoms with E-state index in [9.17, 15) is 5.26 Å². The van der Waals surface area contributed by atoms with Crippen molar-refractivity contribution in [3.8, 4) is 6.07 Å². The van der Waals surface area contributed by atoms with Gasteiger partial charge in [0, 0.05) is 42.2 Å². The molecule has 3 aromatic rings. The van der Waals surface area contributed by atoms with Crippen LogP contribution in [-0.4, -0.2) is 9.55 Å². The summed E-state index contributed by atoms with van der Waals surface area (Å²) in [6, 6.07) is 8.43. The number of hydrogen-bond donors (Lipinski definition) is 1. The van der Waals surface area contributed by atoms with Gasteiger partial charge in [0.15, 0.2) is 0 Å². The number of benzene rings is 1. The van der Waals surface area contributed by atoms with Gasteiger partial charge in [-0.15, -0.1) is 0 Å². The molecule has 5 heteroatoms. The van der Waals surface area contributed by atoms with Crippen LogP contribution in [-0.2, 0) is 7.05 Å². The number of nitriles is 1. The molecule has 0 radical (unpaired) electrons. The number of fused-ring (bicyclic) bond motifs is 1. The van der Waals surface area contributed by atoms with Crippen LogP contribution in [0.5, 0.6) is 0 Å². The minimum Gasteiger partial charge on any atom is -0.353 e. The Hall–Kier alpha value is -2.07. The zero-order valence-electron chi connectivity index (χ0n) is 11.7. The van der Waals surface area contributed by atoms with Crippen molar-refractivity contribution in [3.63, 3.8) is 0 Å². The fourth-order valence-electron chi connectivity index (χ4n) is 2.42. The van der Waals surface area contributed by atoms with Gasteiger partial charge in [-0.1, -0.05) is 0 Å². The molecule has 0 saturated heterocycles. The fourth-order valence-corrected chi connectivity index (χ4v) is 3.00. The van der Waals surface area contributed by atoms with E-state index >= 15 is 0 Å². The van der Waals surface area contributed by atoms with E-state index in [1.54, 1.807) is 12.4 Å². The predicted molar refractivity (Wildman–Crippen MR) is 92.6 cm³/mol. The van der Waals surface area contributed by atoms with Gasteiger partial charge in [-0.05, 0) is 53.3 Å². The lowest BCUT2D eigenvalue weighted by atomic mass is 10.1. The van der Waals surface area contributed by atoms with E-state index < -0.39 is 0 Å². The first-order valence-electron chi connectivity index (χ1n) is 6.47. The summed E-state index contributed by atoms with van der Waals surface area (Å²) in [6.07, 6.45) is 5.39. The van der Waals surface area contributed by atoms with Gasteiger partial charge in [0.2, 0.25) is 0 Å². The van der Waals surface area contributed by atoms with Crippen LogP contribution in [0.4, 0.5) is 11.4 Å². The fraction of sp³-hybridized carbons (Fsp3) is 0.125. The Morgan fingerprint density at radius 2 is 2.10 bits per heavy atom. The van der Waals surface area contributed by atoms with E-state index in [1.165, 1.54) is 16.5 Å². The predicted octanol–water partition coefficient (Wildman–Crippen LogP) is 4.10. The highest BCUT2D eigenvalue weighted by atomic mass is 127. The van der Waals surface area contributed by atoms with Crippen molar-refractivity contribution >= 4 is 44.9 Å². The third kappa shape index (κ3) is 2.36. The molecule has 104 valence electrons. The maximum Gasteiger partial charge on any atom is 0.103 e. The number of rotatable bonds is 2. The second-order valence-corrected chi connectivity index (χ2v) is 6.04. The lowest BCUT2D eigenvalue weighted by molar-refractivity contribution is 0.969. The van der Waals surface area contributed by atoms with Gasteiger partial charge in [0.05, 0.1) is 14.8 Å². The minimum atomic E-state index is 0.550. The molecule has 2 aromatic heterocycles. The maximum atomic E-state index is 9.23. The van der Waals surface area contributed by atoms with E-state index in [0.29, 0.717) is 5.56 Å². The molecule has 0 fully saturated rings. The van der Waals surface area contributed by atoms with Crippen molar-refractivity contribution in [2.45, 2.75) is 6.92 Å². The number of pyridine rings is 1. The Labute approximate surface area is 136 Å². The molecule has 0 saturated carbocycles. The molecule has 0 aliphatic carbocycles. The first kappa shape index (κ1) is 13.9. The number of anilines is 2. The van der Waals surface area contributed by atoms with E-state index in [0.717, 1.165) is 14.9 Å². The van der Waals surface area contributed by atoms with E-state index in [2.05, 4.69) is 74.8 Å². The van der Waals surface area contributed by atoms with Gasteiger partial charge in [-0.2, -0.15) is 5.26 Å². The SMILES string of the molecule is Cc1c(Nc2c(I)cncc2C#N)ccc2c1ccn2C. The molecule has 21 heavy (non-hydrogen) atoms. The van der Waals surface area contributed by atoms with Crippen molar-refractivity contribution in [1.29, 1.82) is 5.26 Å². The summed E-state index contributed by atoms with van der Waals surface area (Å²) >= 11 is 2.19. The summed E-state index contributed by atoms with van der Waals surface area (Å²) in [4.78, 5) is 4.06. The van der Waals surface area contributed by atoms with Crippen LogP contribution in [0.2, 0.25) is 0 Å². The number of halogens is 1. The molecular weight excluding hydrogens is 375 g/mol. The quantitative estimate of drug-likeness (QED) is 0.673. The third-order valence-electron chi connectivity index (χ3n) is 3.62. The molecule has 4 nitrogen and oxygen atoms in total. The number of aromatic nitrogens is 2. The average Bonchev–Trinajstić information content (AvgIpc) is 2.86. The topological polar surface area (TPSA) is 53.6 Å². The monoisotopic (exact) mass is 388 g/mol. The first-order chi connectivity index (χ1) is 10.1. The molecule has 3 rings (SSSR count). The van der Waals surface area contributed by atoms with Crippen LogP contribution in [0.25, 0.3) is 10.9 Å². The zero-order chi connectivity index (χ0) is 15.0. The lowest BCUT2D eigenvalue weighted by Gasteiger charge is -2.13. The molecule has 1 N–H and O–H groups in total. The molecule has 0 spiro atoms. The molecule has 0 aliphatic heterocycles. The van der Waals surface area contributed by atoms with Crippen molar-refractivity contribution in [2.24, 2.45) is 7.05 Å². The van der Waals surface area contributed by atoms with Crippen molar-refractivity contribution < 1.29 is 0 Å². The molecule has 1 aromatic carbocycles. The average molecular weight is 388 g/mol. The highest BCUT2D eigenvalue weighted by Crippen LogP contribution is 2.31. The standard InChI is InChI=1S/C16H13IN4/c1-10-12-5-6-21(2)15(12)4-3-14(10)20-16-11(7-18)8-19-9-13(16)17/h3-6,8-9H,1-2H3,(H,19,20). The van der Waals surface area contributed by atoms with Crippen molar-refractivity contribution in [1.82, 2.24) is 9.55 Å². The lowest BCUT2D eigenvalue weighted by Crippen LogP contribution is -1.99. The number of hydrogen-bond acceptors (Lipinski definition) is 3. The molecular formula is C16H13IN4. The molecule has 0 aliphatic rings. The van der Waals surface area contributed by atoms with Gasteiger partial charge >= 0.3 is 0 Å². The highest BCUT2D eigenvalue weighted by molar-refractivity contribution is 14.1. The number of nitrogens with one attached hydrogen (secondary N) is 1. The number of aryl methyl sites for hydroxylation is 2. The Bertz CT molecular complexity index is 874. The summed E-state index contributed by atoms with van der Waals surface area (Å²) in [7, 11) is 2.04. The van der Waals surface area contributed by atoms with Crippen molar-refractivity contribution in [2.75, 3.05) is 5.32 Å². The first-order valence-corrected chi connectivity index (χ1v) is 7.55. The van der Waals surface area contributed by atoms with Crippen molar-refractivity contribution in [3.05, 3.63) is 51.5 Å². The summed E-state index contributed by atoms with van der Waals surface area (Å²) in [5.74, 6) is 0. The van der Waals surface area contributed by atoms with Gasteiger partial charge in [-0.25, -0.2) is 0 Å². The van der Waals surface area contributed by atoms with Gasteiger partial charge in [-0.3, -0.25) is 4.98 Å². The molecule has 2 heterocycles. The zero-order valence-corrected chi connectivity index (χ0v) is 13.8. The van der Waals surface area contributed by atoms with Crippen LogP contribution in [0.1, 0.15) is 11.1 Å². The second-order valence-electron chi connectivity index (χ2n) is 4.88. The van der Waals surface area contributed by atoms with Gasteiger partial charge in [0.25, 0.3) is 0 Å². The van der Waals surface area contributed by atoms with Crippen LogP contribution in [0, 0.1) is 21.8 Å². The second kappa shape index (κ2) is 5.37. The Balaban J connectivity index is 2.11. The highest BCUT2D eigenvalue weighted by Gasteiger charge is 2.11. The van der Waals surface area contributed by atoms with E-state index in [4.69, 9.17) is 0 Å². The smallest absolute Gasteiger partial charge is 0.103 e. The van der Waals surface area contributed by atoms with Crippen LogP contribution in [0.15, 0.2) is 36.8 Å².